The van der Waals surface area contributed by atoms with Crippen LogP contribution in [-0.2, 0) is 6.54 Å². The fourth-order valence-electron chi connectivity index (χ4n) is 2.87. The van der Waals surface area contributed by atoms with Crippen LogP contribution in [0, 0.1) is 0 Å². The lowest BCUT2D eigenvalue weighted by Crippen LogP contribution is -2.33. The molecule has 1 aromatic rings. The van der Waals surface area contributed by atoms with Crippen molar-refractivity contribution in [2.75, 3.05) is 38.7 Å². The molecule has 0 bridgehead atoms. The first-order valence-corrected chi connectivity index (χ1v) is 7.68. The van der Waals surface area contributed by atoms with Crippen LogP contribution in [0.15, 0.2) is 17.1 Å². The van der Waals surface area contributed by atoms with Gasteiger partial charge in [-0.2, -0.15) is 0 Å². The number of piperidine rings is 1. The van der Waals surface area contributed by atoms with E-state index >= 15 is 0 Å². The molecule has 1 aromatic carbocycles. The highest BCUT2D eigenvalue weighted by atomic mass is 16.5. The van der Waals surface area contributed by atoms with Gasteiger partial charge in [-0.15, -0.1) is 0 Å². The van der Waals surface area contributed by atoms with Crippen molar-refractivity contribution in [3.8, 4) is 11.5 Å². The number of hydrogen-bond acceptors (Lipinski definition) is 5. The minimum Gasteiger partial charge on any atom is -0.493 e. The predicted octanol–water partition coefficient (Wildman–Crippen LogP) is 2.51. The van der Waals surface area contributed by atoms with Gasteiger partial charge in [0.25, 0.3) is 0 Å². The summed E-state index contributed by atoms with van der Waals surface area (Å²) in [4.78, 5) is 6.68. The Balaban J connectivity index is 1.61. The molecule has 0 aliphatic carbocycles. The Morgan fingerprint density at radius 2 is 2.05 bits per heavy atom. The molecule has 0 spiro atoms. The summed E-state index contributed by atoms with van der Waals surface area (Å²) in [7, 11) is 1.68. The van der Waals surface area contributed by atoms with E-state index < -0.39 is 0 Å². The maximum Gasteiger partial charge on any atom is 0.163 e. The molecule has 0 unspecified atom stereocenters. The van der Waals surface area contributed by atoms with E-state index in [9.17, 15) is 0 Å². The molecule has 0 saturated carbocycles. The van der Waals surface area contributed by atoms with E-state index in [1.54, 1.807) is 13.4 Å². The van der Waals surface area contributed by atoms with Crippen molar-refractivity contribution in [1.29, 1.82) is 0 Å². The number of nitrogens with zero attached hydrogens (tertiary/aromatic N) is 2. The van der Waals surface area contributed by atoms with Crippen molar-refractivity contribution >= 4 is 12.0 Å². The lowest BCUT2D eigenvalue weighted by Gasteiger charge is -2.26. The number of ether oxygens (including phenoxy) is 2. The normalized spacial score (nSPS) is 18.0. The Labute approximate surface area is 126 Å². The Morgan fingerprint density at radius 1 is 1.19 bits per heavy atom. The molecule has 114 valence electrons. The number of methoxy groups -OCH3 is 1. The van der Waals surface area contributed by atoms with Gasteiger partial charge in [0.05, 0.1) is 20.0 Å². The van der Waals surface area contributed by atoms with Crippen LogP contribution in [0.2, 0.25) is 0 Å². The fourth-order valence-corrected chi connectivity index (χ4v) is 2.87. The quantitative estimate of drug-likeness (QED) is 0.904. The third-order valence-electron chi connectivity index (χ3n) is 4.08. The molecule has 0 aromatic heterocycles. The Bertz CT molecular complexity index is 510. The maximum absolute atomic E-state index is 5.95. The summed E-state index contributed by atoms with van der Waals surface area (Å²) in [6.45, 7) is 4.76. The first-order chi connectivity index (χ1) is 10.4. The maximum atomic E-state index is 5.95. The van der Waals surface area contributed by atoms with Crippen molar-refractivity contribution < 1.29 is 9.47 Å². The summed E-state index contributed by atoms with van der Waals surface area (Å²) in [6.07, 6.45) is 5.71. The van der Waals surface area contributed by atoms with Gasteiger partial charge < -0.3 is 14.8 Å². The van der Waals surface area contributed by atoms with Gasteiger partial charge >= 0.3 is 0 Å². The number of aliphatic imine (C=N–C) groups is 1. The molecule has 0 radical (unpaired) electrons. The molecule has 5 heteroatoms. The SMILES string of the molecule is COc1cc2c(cc1OCCN1CCCCC1)NC=NC2. The molecular weight excluding hydrogens is 266 g/mol. The third kappa shape index (κ3) is 3.47. The van der Waals surface area contributed by atoms with Gasteiger partial charge in [0.1, 0.15) is 6.61 Å². The number of likely N-dealkylation sites (tertiary alicyclic amines) is 1. The number of anilines is 1. The average Bonchev–Trinajstić information content (AvgIpc) is 2.55. The standard InChI is InChI=1S/C16H23N3O2/c1-20-15-9-13-11-17-12-18-14(13)10-16(15)21-8-7-19-5-3-2-4-6-19/h9-10,12H,2-8,11H2,1H3,(H,17,18). The average molecular weight is 289 g/mol. The molecule has 5 nitrogen and oxygen atoms in total. The number of benzene rings is 1. The number of nitrogens with one attached hydrogen (secondary N) is 1. The molecule has 1 N–H and O–H groups in total. The Kier molecular flexibility index (Phi) is 4.60. The predicted molar refractivity (Wildman–Crippen MR) is 84.6 cm³/mol. The van der Waals surface area contributed by atoms with E-state index in [0.29, 0.717) is 13.2 Å². The summed E-state index contributed by atoms with van der Waals surface area (Å²) in [5, 5.41) is 3.16. The van der Waals surface area contributed by atoms with Crippen LogP contribution in [0.5, 0.6) is 11.5 Å². The molecule has 21 heavy (non-hydrogen) atoms. The van der Waals surface area contributed by atoms with Gasteiger partial charge in [-0.25, -0.2) is 0 Å². The largest absolute Gasteiger partial charge is 0.493 e. The lowest BCUT2D eigenvalue weighted by molar-refractivity contribution is 0.180. The van der Waals surface area contributed by atoms with Crippen LogP contribution in [0.3, 0.4) is 0 Å². The van der Waals surface area contributed by atoms with Crippen LogP contribution >= 0.6 is 0 Å². The van der Waals surface area contributed by atoms with Crippen molar-refractivity contribution in [2.24, 2.45) is 4.99 Å². The first kappa shape index (κ1) is 14.2. The molecular formula is C16H23N3O2. The molecule has 2 heterocycles. The second-order valence-electron chi connectivity index (χ2n) is 5.53. The van der Waals surface area contributed by atoms with Crippen molar-refractivity contribution in [2.45, 2.75) is 25.8 Å². The monoisotopic (exact) mass is 289 g/mol. The van der Waals surface area contributed by atoms with E-state index in [1.807, 2.05) is 12.1 Å². The molecule has 0 atom stereocenters. The highest BCUT2D eigenvalue weighted by Gasteiger charge is 2.14. The first-order valence-electron chi connectivity index (χ1n) is 7.68. The Hall–Kier alpha value is -1.75. The fraction of sp³-hybridized carbons (Fsp3) is 0.562. The van der Waals surface area contributed by atoms with Crippen molar-refractivity contribution in [3.63, 3.8) is 0 Å². The number of rotatable bonds is 5. The molecule has 2 aliphatic rings. The number of hydrogen-bond donors (Lipinski definition) is 1. The molecule has 1 saturated heterocycles. The summed E-state index contributed by atoms with van der Waals surface area (Å²) in [6, 6.07) is 4.02. The molecule has 0 amide bonds. The summed E-state index contributed by atoms with van der Waals surface area (Å²) < 4.78 is 11.4. The van der Waals surface area contributed by atoms with E-state index in [-0.39, 0.29) is 0 Å². The van der Waals surface area contributed by atoms with Gasteiger partial charge in [0.15, 0.2) is 11.5 Å². The van der Waals surface area contributed by atoms with E-state index in [2.05, 4.69) is 15.2 Å². The molecule has 2 aliphatic heterocycles. The van der Waals surface area contributed by atoms with Crippen LogP contribution < -0.4 is 14.8 Å². The zero-order valence-electron chi connectivity index (χ0n) is 12.6. The third-order valence-corrected chi connectivity index (χ3v) is 4.08. The van der Waals surface area contributed by atoms with Gasteiger partial charge in [-0.05, 0) is 32.0 Å². The van der Waals surface area contributed by atoms with E-state index in [4.69, 9.17) is 9.47 Å². The smallest absolute Gasteiger partial charge is 0.163 e. The highest BCUT2D eigenvalue weighted by molar-refractivity contribution is 5.81. The summed E-state index contributed by atoms with van der Waals surface area (Å²) >= 11 is 0. The summed E-state index contributed by atoms with van der Waals surface area (Å²) in [5.74, 6) is 1.59. The zero-order chi connectivity index (χ0) is 14.5. The second-order valence-corrected chi connectivity index (χ2v) is 5.53. The lowest BCUT2D eigenvalue weighted by atomic mass is 10.1. The van der Waals surface area contributed by atoms with Gasteiger partial charge in [-0.1, -0.05) is 6.42 Å². The van der Waals surface area contributed by atoms with Crippen LogP contribution in [0.25, 0.3) is 0 Å². The van der Waals surface area contributed by atoms with E-state index in [0.717, 1.165) is 29.3 Å². The van der Waals surface area contributed by atoms with Crippen molar-refractivity contribution in [3.05, 3.63) is 17.7 Å². The Morgan fingerprint density at radius 3 is 2.86 bits per heavy atom. The topological polar surface area (TPSA) is 46.1 Å². The second kappa shape index (κ2) is 6.80. The van der Waals surface area contributed by atoms with Crippen molar-refractivity contribution in [1.82, 2.24) is 4.90 Å². The van der Waals surface area contributed by atoms with E-state index in [1.165, 1.54) is 32.4 Å². The van der Waals surface area contributed by atoms with Gasteiger partial charge in [0.2, 0.25) is 0 Å². The molecule has 3 rings (SSSR count). The zero-order valence-corrected chi connectivity index (χ0v) is 12.6. The summed E-state index contributed by atoms with van der Waals surface area (Å²) in [5.41, 5.74) is 2.19. The van der Waals surface area contributed by atoms with Crippen LogP contribution in [0.4, 0.5) is 5.69 Å². The van der Waals surface area contributed by atoms with Crippen LogP contribution in [-0.4, -0.2) is 44.6 Å². The molecule has 1 fully saturated rings. The minimum absolute atomic E-state index is 0.687. The number of fused-ring (bicyclic) bond motifs is 1. The van der Waals surface area contributed by atoms with Crippen LogP contribution in [0.1, 0.15) is 24.8 Å². The minimum atomic E-state index is 0.687. The van der Waals surface area contributed by atoms with Gasteiger partial charge in [-0.3, -0.25) is 9.89 Å². The van der Waals surface area contributed by atoms with Gasteiger partial charge in [0, 0.05) is 23.9 Å². The highest BCUT2D eigenvalue weighted by Crippen LogP contribution is 2.34.